The van der Waals surface area contributed by atoms with Gasteiger partial charge in [0.25, 0.3) is 0 Å². The molecule has 39 heavy (non-hydrogen) atoms. The summed E-state index contributed by atoms with van der Waals surface area (Å²) in [5, 5.41) is 9.62. The summed E-state index contributed by atoms with van der Waals surface area (Å²) >= 11 is 0. The molecule has 1 fully saturated rings. The monoisotopic (exact) mass is 550 g/mol. The Morgan fingerprint density at radius 3 is 1.64 bits per heavy atom. The van der Waals surface area contributed by atoms with Gasteiger partial charge < -0.3 is 9.84 Å². The Labute approximate surface area is 242 Å². The fourth-order valence-corrected chi connectivity index (χ4v) is 6.58. The van der Waals surface area contributed by atoms with Crippen molar-refractivity contribution in [3.05, 3.63) is 0 Å². The molecule has 0 radical (unpaired) electrons. The first-order valence-corrected chi connectivity index (χ1v) is 17.1. The maximum Gasteiger partial charge on any atom is 0.310 e. The fourth-order valence-electron chi connectivity index (χ4n) is 6.58. The van der Waals surface area contributed by atoms with Crippen molar-refractivity contribution < 1.29 is 19.4 Å². The molecule has 4 nitrogen and oxygen atoms in total. The summed E-state index contributed by atoms with van der Waals surface area (Å²) in [6.07, 6.45) is 27.2. The molecule has 1 rings (SSSR count). The van der Waals surface area contributed by atoms with Gasteiger partial charge in [0.15, 0.2) is 0 Å². The average Bonchev–Trinajstić information content (AvgIpc) is 2.88. The van der Waals surface area contributed by atoms with E-state index in [4.69, 9.17) is 4.74 Å². The van der Waals surface area contributed by atoms with Gasteiger partial charge in [-0.25, -0.2) is 0 Å². The lowest BCUT2D eigenvalue weighted by molar-refractivity contribution is -0.164. The van der Waals surface area contributed by atoms with E-state index in [0.29, 0.717) is 24.2 Å². The highest BCUT2D eigenvalue weighted by molar-refractivity contribution is 5.81. The van der Waals surface area contributed by atoms with E-state index in [0.717, 1.165) is 44.9 Å². The molecule has 1 N–H and O–H groups in total. The van der Waals surface area contributed by atoms with Gasteiger partial charge in [0, 0.05) is 0 Å². The van der Waals surface area contributed by atoms with Crippen molar-refractivity contribution in [1.82, 2.24) is 0 Å². The molecule has 0 aromatic carbocycles. The molecular weight excluding hydrogens is 484 g/mol. The van der Waals surface area contributed by atoms with Gasteiger partial charge in [0.05, 0.1) is 11.8 Å². The third-order valence-corrected chi connectivity index (χ3v) is 8.74. The summed E-state index contributed by atoms with van der Waals surface area (Å²) < 4.78 is 6.07. The smallest absolute Gasteiger partial charge is 0.310 e. The van der Waals surface area contributed by atoms with Crippen LogP contribution in [0.15, 0.2) is 0 Å². The molecule has 0 heterocycles. The molecule has 1 saturated carbocycles. The lowest BCUT2D eigenvalue weighted by Gasteiger charge is -2.29. The van der Waals surface area contributed by atoms with Crippen LogP contribution in [0.5, 0.6) is 0 Å². The van der Waals surface area contributed by atoms with Crippen molar-refractivity contribution in [2.75, 3.05) is 0 Å². The molecule has 0 amide bonds. The van der Waals surface area contributed by atoms with Crippen LogP contribution < -0.4 is 0 Å². The molecule has 4 atom stereocenters. The normalized spacial score (nSPS) is 19.5. The van der Waals surface area contributed by atoms with Crippen molar-refractivity contribution in [2.24, 2.45) is 23.2 Å². The second-order valence-corrected chi connectivity index (χ2v) is 14.1. The van der Waals surface area contributed by atoms with Gasteiger partial charge in [-0.2, -0.15) is 0 Å². The summed E-state index contributed by atoms with van der Waals surface area (Å²) in [6.45, 7) is 11.4. The number of aliphatic carboxylic acids is 1. The number of unbranched alkanes of at least 4 members (excludes halogenated alkanes) is 14. The average molecular weight is 551 g/mol. The number of ether oxygens (including phenoxy) is 1. The second-order valence-electron chi connectivity index (χ2n) is 14.1. The Hall–Kier alpha value is -1.06. The minimum absolute atomic E-state index is 0.0711. The van der Waals surface area contributed by atoms with Gasteiger partial charge in [0.1, 0.15) is 6.10 Å². The minimum atomic E-state index is -0.839. The number of carbonyl (C=O) groups excluding carboxylic acids is 1. The maximum absolute atomic E-state index is 13.1. The van der Waals surface area contributed by atoms with Crippen LogP contribution in [0.2, 0.25) is 0 Å². The molecule has 0 aromatic rings. The molecule has 4 unspecified atom stereocenters. The van der Waals surface area contributed by atoms with Crippen LogP contribution in [0.3, 0.4) is 0 Å². The van der Waals surface area contributed by atoms with Gasteiger partial charge in [-0.3, -0.25) is 9.59 Å². The first kappa shape index (κ1) is 36.0. The third-order valence-electron chi connectivity index (χ3n) is 8.74. The summed E-state index contributed by atoms with van der Waals surface area (Å²) in [5.41, 5.74) is 0.302. The maximum atomic E-state index is 13.1. The van der Waals surface area contributed by atoms with Crippen LogP contribution >= 0.6 is 0 Å². The molecule has 0 spiro atoms. The second kappa shape index (κ2) is 21.7. The highest BCUT2D eigenvalue weighted by atomic mass is 16.5. The first-order chi connectivity index (χ1) is 18.6. The molecule has 230 valence electrons. The molecule has 0 saturated heterocycles. The van der Waals surface area contributed by atoms with Crippen LogP contribution in [0, 0.1) is 23.2 Å². The predicted octanol–water partition coefficient (Wildman–Crippen LogP) is 10.9. The fraction of sp³-hybridized carbons (Fsp3) is 0.943. The zero-order valence-electron chi connectivity index (χ0n) is 26.7. The van der Waals surface area contributed by atoms with E-state index < -0.39 is 17.8 Å². The molecule has 4 heteroatoms. The number of hydrogen-bond acceptors (Lipinski definition) is 3. The lowest BCUT2D eigenvalue weighted by Crippen LogP contribution is -2.35. The van der Waals surface area contributed by atoms with Crippen molar-refractivity contribution in [2.45, 2.75) is 188 Å². The highest BCUT2D eigenvalue weighted by Crippen LogP contribution is 2.33. The molecule has 0 bridgehead atoms. The Bertz CT molecular complexity index is 623. The number of carboxylic acid groups (broad SMARTS) is 1. The van der Waals surface area contributed by atoms with Crippen LogP contribution in [-0.2, 0) is 14.3 Å². The zero-order valence-corrected chi connectivity index (χ0v) is 26.7. The van der Waals surface area contributed by atoms with Crippen molar-refractivity contribution in [3.63, 3.8) is 0 Å². The SMILES string of the molecule is CCCCCCCCCCCCCCCCCC(CCC(C)CC(C)(C)C)OC(=O)C1CCCCC1C(=O)O. The van der Waals surface area contributed by atoms with Crippen LogP contribution in [0.25, 0.3) is 0 Å². The van der Waals surface area contributed by atoms with Crippen LogP contribution in [0.1, 0.15) is 182 Å². The molecule has 0 aliphatic heterocycles. The van der Waals surface area contributed by atoms with Gasteiger partial charge in [0.2, 0.25) is 0 Å². The Morgan fingerprint density at radius 2 is 1.18 bits per heavy atom. The Balaban J connectivity index is 2.32. The lowest BCUT2D eigenvalue weighted by atomic mass is 9.79. The van der Waals surface area contributed by atoms with E-state index in [1.807, 2.05) is 0 Å². The largest absolute Gasteiger partial charge is 0.481 e. The summed E-state index contributed by atoms with van der Waals surface area (Å²) in [5.74, 6) is -1.54. The summed E-state index contributed by atoms with van der Waals surface area (Å²) in [7, 11) is 0. The topological polar surface area (TPSA) is 63.6 Å². The van der Waals surface area contributed by atoms with E-state index in [9.17, 15) is 14.7 Å². The van der Waals surface area contributed by atoms with Crippen molar-refractivity contribution >= 4 is 11.9 Å². The minimum Gasteiger partial charge on any atom is -0.481 e. The standard InChI is InChI=1S/C35H66O4/c1-6-7-8-9-10-11-12-13-14-15-16-17-18-19-20-23-30(27-26-29(2)28-35(3,4)5)39-34(38)32-25-22-21-24-31(32)33(36)37/h29-32H,6-28H2,1-5H3,(H,36,37). The summed E-state index contributed by atoms with van der Waals surface area (Å²) in [4.78, 5) is 24.8. The van der Waals surface area contributed by atoms with E-state index in [-0.39, 0.29) is 12.1 Å². The van der Waals surface area contributed by atoms with Crippen LogP contribution in [-0.4, -0.2) is 23.1 Å². The zero-order chi connectivity index (χ0) is 28.9. The van der Waals surface area contributed by atoms with Gasteiger partial charge in [-0.1, -0.05) is 137 Å². The molecule has 1 aliphatic rings. The predicted molar refractivity (Wildman–Crippen MR) is 165 cm³/mol. The van der Waals surface area contributed by atoms with Crippen LogP contribution in [0.4, 0.5) is 0 Å². The van der Waals surface area contributed by atoms with Crippen molar-refractivity contribution in [3.8, 4) is 0 Å². The Morgan fingerprint density at radius 1 is 0.718 bits per heavy atom. The molecular formula is C35H66O4. The van der Waals surface area contributed by atoms with Crippen molar-refractivity contribution in [1.29, 1.82) is 0 Å². The number of hydrogen-bond donors (Lipinski definition) is 1. The van der Waals surface area contributed by atoms with E-state index >= 15 is 0 Å². The highest BCUT2D eigenvalue weighted by Gasteiger charge is 2.37. The summed E-state index contributed by atoms with van der Waals surface area (Å²) in [6, 6.07) is 0. The number of carbonyl (C=O) groups is 2. The van der Waals surface area contributed by atoms with Gasteiger partial charge in [-0.05, 0) is 56.3 Å². The third kappa shape index (κ3) is 18.8. The molecule has 0 aromatic heterocycles. The number of carboxylic acids is 1. The Kier molecular flexibility index (Phi) is 20.0. The number of esters is 1. The number of rotatable bonds is 23. The quantitative estimate of drug-likeness (QED) is 0.101. The van der Waals surface area contributed by atoms with Gasteiger partial charge >= 0.3 is 11.9 Å². The van der Waals surface area contributed by atoms with E-state index in [1.54, 1.807) is 0 Å². The van der Waals surface area contributed by atoms with Gasteiger partial charge in [-0.15, -0.1) is 0 Å². The molecule has 1 aliphatic carbocycles. The van der Waals surface area contributed by atoms with E-state index in [2.05, 4.69) is 34.6 Å². The first-order valence-electron chi connectivity index (χ1n) is 17.1. The van der Waals surface area contributed by atoms with E-state index in [1.165, 1.54) is 89.9 Å².